The summed E-state index contributed by atoms with van der Waals surface area (Å²) in [7, 11) is 0. The third-order valence-corrected chi connectivity index (χ3v) is 4.95. The fourth-order valence-electron chi connectivity index (χ4n) is 2.63. The Morgan fingerprint density at radius 1 is 1.24 bits per heavy atom. The summed E-state index contributed by atoms with van der Waals surface area (Å²) in [6.07, 6.45) is 3.54. The van der Waals surface area contributed by atoms with Gasteiger partial charge in [-0.25, -0.2) is 9.48 Å². The molecule has 3 heterocycles. The molecule has 0 aliphatic carbocycles. The molecule has 1 aromatic carbocycles. The zero-order chi connectivity index (χ0) is 17.2. The van der Waals surface area contributed by atoms with Crippen LogP contribution in [-0.4, -0.2) is 32.1 Å². The van der Waals surface area contributed by atoms with E-state index >= 15 is 0 Å². The van der Waals surface area contributed by atoms with Gasteiger partial charge in [0.2, 0.25) is 0 Å². The molecular formula is C18H16N4O2S. The van der Waals surface area contributed by atoms with E-state index in [0.717, 1.165) is 21.6 Å². The van der Waals surface area contributed by atoms with Gasteiger partial charge >= 0.3 is 5.97 Å². The molecule has 6 nitrogen and oxygen atoms in total. The van der Waals surface area contributed by atoms with Crippen LogP contribution in [0.2, 0.25) is 0 Å². The number of ether oxygens (including phenoxy) is 1. The summed E-state index contributed by atoms with van der Waals surface area (Å²) in [5, 5.41) is 9.64. The molecule has 4 rings (SSSR count). The largest absolute Gasteiger partial charge is 0.460 e. The van der Waals surface area contributed by atoms with Crippen LogP contribution in [0.15, 0.2) is 54.9 Å². The van der Waals surface area contributed by atoms with E-state index in [1.54, 1.807) is 10.9 Å². The first kappa shape index (κ1) is 15.6. The summed E-state index contributed by atoms with van der Waals surface area (Å²) < 4.78 is 8.97. The molecule has 0 saturated heterocycles. The molecule has 0 fully saturated rings. The van der Waals surface area contributed by atoms with Gasteiger partial charge in [-0.2, -0.15) is 10.2 Å². The number of nitrogens with zero attached hydrogens (tertiary/aromatic N) is 4. The second-order valence-corrected chi connectivity index (χ2v) is 6.60. The number of rotatable bonds is 5. The minimum absolute atomic E-state index is 0.290. The standard InChI is InChI=1S/C18H16N4O2S/c1-13-15-12-16(18(23)24-11-10-21-9-5-8-19-21)25-17(15)22(20-13)14-6-3-2-4-7-14/h2-9,12H,10-11H2,1H3. The van der Waals surface area contributed by atoms with Crippen molar-refractivity contribution in [3.63, 3.8) is 0 Å². The monoisotopic (exact) mass is 352 g/mol. The fourth-order valence-corrected chi connectivity index (χ4v) is 3.70. The topological polar surface area (TPSA) is 61.9 Å². The lowest BCUT2D eigenvalue weighted by Gasteiger charge is -2.03. The van der Waals surface area contributed by atoms with Crippen molar-refractivity contribution in [2.45, 2.75) is 13.5 Å². The van der Waals surface area contributed by atoms with Crippen LogP contribution >= 0.6 is 11.3 Å². The predicted molar refractivity (Wildman–Crippen MR) is 96.2 cm³/mol. The van der Waals surface area contributed by atoms with Gasteiger partial charge in [-0.05, 0) is 31.2 Å². The number of hydrogen-bond donors (Lipinski definition) is 0. The van der Waals surface area contributed by atoms with Gasteiger partial charge < -0.3 is 4.74 Å². The summed E-state index contributed by atoms with van der Waals surface area (Å²) in [6, 6.07) is 13.6. The van der Waals surface area contributed by atoms with Crippen molar-refractivity contribution >= 4 is 27.5 Å². The number of thiophene rings is 1. The van der Waals surface area contributed by atoms with Gasteiger partial charge in [-0.3, -0.25) is 4.68 Å². The number of aryl methyl sites for hydroxylation is 1. The number of esters is 1. The van der Waals surface area contributed by atoms with Gasteiger partial charge in [0.05, 0.1) is 17.9 Å². The number of carbonyl (C=O) groups excluding carboxylic acids is 1. The summed E-state index contributed by atoms with van der Waals surface area (Å²) in [4.78, 5) is 13.9. The highest BCUT2D eigenvalue weighted by Gasteiger charge is 2.18. The maximum Gasteiger partial charge on any atom is 0.348 e. The number of carbonyl (C=O) groups is 1. The SMILES string of the molecule is Cc1nn(-c2ccccc2)c2sc(C(=O)OCCn3cccn3)cc12. The van der Waals surface area contributed by atoms with Crippen LogP contribution in [0.3, 0.4) is 0 Å². The quantitative estimate of drug-likeness (QED) is 0.516. The average molecular weight is 352 g/mol. The van der Waals surface area contributed by atoms with Gasteiger partial charge in [0.1, 0.15) is 16.3 Å². The van der Waals surface area contributed by atoms with E-state index in [-0.39, 0.29) is 5.97 Å². The zero-order valence-electron chi connectivity index (χ0n) is 13.6. The number of para-hydroxylation sites is 1. The first-order valence-electron chi connectivity index (χ1n) is 7.91. The molecule has 0 saturated carbocycles. The minimum atomic E-state index is -0.313. The molecule has 25 heavy (non-hydrogen) atoms. The number of benzene rings is 1. The first-order chi connectivity index (χ1) is 12.2. The van der Waals surface area contributed by atoms with Crippen LogP contribution in [0.5, 0.6) is 0 Å². The van der Waals surface area contributed by atoms with E-state index in [1.807, 2.05) is 60.3 Å². The van der Waals surface area contributed by atoms with Crippen molar-refractivity contribution in [2.24, 2.45) is 0 Å². The van der Waals surface area contributed by atoms with Crippen molar-refractivity contribution < 1.29 is 9.53 Å². The van der Waals surface area contributed by atoms with Crippen LogP contribution < -0.4 is 0 Å². The molecule has 0 amide bonds. The third-order valence-electron chi connectivity index (χ3n) is 3.86. The van der Waals surface area contributed by atoms with Gasteiger partial charge in [0.25, 0.3) is 0 Å². The molecule has 126 valence electrons. The molecule has 0 aliphatic heterocycles. The molecule has 3 aromatic heterocycles. The Kier molecular flexibility index (Phi) is 4.07. The van der Waals surface area contributed by atoms with Gasteiger partial charge in [0, 0.05) is 17.8 Å². The lowest BCUT2D eigenvalue weighted by atomic mass is 10.3. The Bertz CT molecular complexity index is 1000. The van der Waals surface area contributed by atoms with Gasteiger partial charge in [0.15, 0.2) is 0 Å². The Labute approximate surface area is 148 Å². The van der Waals surface area contributed by atoms with E-state index < -0.39 is 0 Å². The van der Waals surface area contributed by atoms with Crippen LogP contribution in [0, 0.1) is 6.92 Å². The second-order valence-electron chi connectivity index (χ2n) is 5.57. The van der Waals surface area contributed by atoms with E-state index in [2.05, 4.69) is 10.2 Å². The highest BCUT2D eigenvalue weighted by atomic mass is 32.1. The number of hydrogen-bond acceptors (Lipinski definition) is 5. The molecule has 0 atom stereocenters. The number of fused-ring (bicyclic) bond motifs is 1. The minimum Gasteiger partial charge on any atom is -0.460 e. The molecule has 0 aliphatic rings. The normalized spacial score (nSPS) is 11.1. The van der Waals surface area contributed by atoms with Crippen molar-refractivity contribution in [1.29, 1.82) is 0 Å². The third kappa shape index (κ3) is 3.06. The highest BCUT2D eigenvalue weighted by Crippen LogP contribution is 2.30. The summed E-state index contributed by atoms with van der Waals surface area (Å²) in [5.41, 5.74) is 1.87. The molecule has 0 radical (unpaired) electrons. The van der Waals surface area contributed by atoms with Crippen molar-refractivity contribution in [3.8, 4) is 5.69 Å². The van der Waals surface area contributed by atoms with E-state index in [9.17, 15) is 4.79 Å². The molecule has 0 spiro atoms. The first-order valence-corrected chi connectivity index (χ1v) is 8.73. The van der Waals surface area contributed by atoms with Gasteiger partial charge in [-0.1, -0.05) is 18.2 Å². The summed E-state index contributed by atoms with van der Waals surface area (Å²) in [5.74, 6) is -0.313. The Balaban J connectivity index is 1.55. The van der Waals surface area contributed by atoms with Gasteiger partial charge in [-0.15, -0.1) is 11.3 Å². The number of aromatic nitrogens is 4. The smallest absolute Gasteiger partial charge is 0.348 e. The van der Waals surface area contributed by atoms with E-state index in [4.69, 9.17) is 4.74 Å². The lowest BCUT2D eigenvalue weighted by molar-refractivity contribution is 0.0493. The second kappa shape index (κ2) is 6.52. The molecule has 4 aromatic rings. The Morgan fingerprint density at radius 3 is 2.84 bits per heavy atom. The average Bonchev–Trinajstić information content (AvgIpc) is 3.34. The molecule has 0 unspecified atom stereocenters. The maximum atomic E-state index is 12.3. The summed E-state index contributed by atoms with van der Waals surface area (Å²) >= 11 is 1.40. The highest BCUT2D eigenvalue weighted by molar-refractivity contribution is 7.20. The predicted octanol–water partition coefficient (Wildman–Crippen LogP) is 3.45. The Hall–Kier alpha value is -2.93. The lowest BCUT2D eigenvalue weighted by Crippen LogP contribution is -2.10. The van der Waals surface area contributed by atoms with Crippen molar-refractivity contribution in [2.75, 3.05) is 6.61 Å². The van der Waals surface area contributed by atoms with E-state index in [1.165, 1.54) is 11.3 Å². The van der Waals surface area contributed by atoms with Crippen LogP contribution in [0.1, 0.15) is 15.4 Å². The fraction of sp³-hybridized carbons (Fsp3) is 0.167. The maximum absolute atomic E-state index is 12.3. The van der Waals surface area contributed by atoms with Crippen LogP contribution in [0.4, 0.5) is 0 Å². The molecule has 0 N–H and O–H groups in total. The molecule has 0 bridgehead atoms. The van der Waals surface area contributed by atoms with E-state index in [0.29, 0.717) is 18.0 Å². The van der Waals surface area contributed by atoms with Crippen LogP contribution in [0.25, 0.3) is 15.9 Å². The molecule has 7 heteroatoms. The zero-order valence-corrected chi connectivity index (χ0v) is 14.4. The van der Waals surface area contributed by atoms with Crippen LogP contribution in [-0.2, 0) is 11.3 Å². The van der Waals surface area contributed by atoms with Crippen molar-refractivity contribution in [3.05, 3.63) is 65.4 Å². The Morgan fingerprint density at radius 2 is 2.08 bits per heavy atom. The summed E-state index contributed by atoms with van der Waals surface area (Å²) in [6.45, 7) is 2.78. The van der Waals surface area contributed by atoms with Crippen molar-refractivity contribution in [1.82, 2.24) is 19.6 Å². The molecular weight excluding hydrogens is 336 g/mol.